The van der Waals surface area contributed by atoms with Crippen LogP contribution in [0.5, 0.6) is 11.5 Å². The molecule has 2 aromatic rings. The van der Waals surface area contributed by atoms with Crippen LogP contribution in [0, 0.1) is 0 Å². The van der Waals surface area contributed by atoms with Gasteiger partial charge in [0.2, 0.25) is 11.8 Å². The minimum atomic E-state index is -0.496. The van der Waals surface area contributed by atoms with Gasteiger partial charge in [-0.05, 0) is 56.4 Å². The standard InChI is InChI=1S/C28H40N2O4/c1-5-9-19-29-28(32)24(6-2)30(21-23-13-11-10-12-14-23)27(31)18-16-22-15-17-25(33-7-3)26(20-22)34-8-4/h10-15,17,20,24H,5-9,16,18-19,21H2,1-4H3,(H,29,32). The van der Waals surface area contributed by atoms with Gasteiger partial charge in [-0.3, -0.25) is 9.59 Å². The molecule has 34 heavy (non-hydrogen) atoms. The number of benzene rings is 2. The van der Waals surface area contributed by atoms with E-state index in [4.69, 9.17) is 9.47 Å². The minimum Gasteiger partial charge on any atom is -0.490 e. The van der Waals surface area contributed by atoms with Gasteiger partial charge in [0.1, 0.15) is 6.04 Å². The van der Waals surface area contributed by atoms with Gasteiger partial charge in [-0.25, -0.2) is 0 Å². The molecule has 0 aliphatic rings. The number of carbonyl (C=O) groups excluding carboxylic acids is 2. The smallest absolute Gasteiger partial charge is 0.242 e. The lowest BCUT2D eigenvalue weighted by atomic mass is 10.1. The quantitative estimate of drug-likeness (QED) is 0.368. The van der Waals surface area contributed by atoms with Crippen LogP contribution in [0.4, 0.5) is 0 Å². The summed E-state index contributed by atoms with van der Waals surface area (Å²) in [7, 11) is 0. The van der Waals surface area contributed by atoms with Crippen LogP contribution in [-0.4, -0.2) is 42.5 Å². The number of nitrogens with zero attached hydrogens (tertiary/aromatic N) is 1. The topological polar surface area (TPSA) is 67.9 Å². The first-order chi connectivity index (χ1) is 16.5. The van der Waals surface area contributed by atoms with Gasteiger partial charge in [0.15, 0.2) is 11.5 Å². The van der Waals surface area contributed by atoms with Crippen molar-refractivity contribution in [1.29, 1.82) is 0 Å². The largest absolute Gasteiger partial charge is 0.490 e. The fourth-order valence-corrected chi connectivity index (χ4v) is 3.85. The molecule has 0 bridgehead atoms. The second kappa shape index (κ2) is 15.0. The maximum atomic E-state index is 13.4. The van der Waals surface area contributed by atoms with Gasteiger partial charge in [0.25, 0.3) is 0 Å². The van der Waals surface area contributed by atoms with E-state index >= 15 is 0 Å². The Balaban J connectivity index is 2.17. The van der Waals surface area contributed by atoms with Crippen molar-refractivity contribution in [2.45, 2.75) is 72.4 Å². The van der Waals surface area contributed by atoms with E-state index in [1.807, 2.05) is 69.3 Å². The number of rotatable bonds is 15. The Morgan fingerprint density at radius 3 is 2.26 bits per heavy atom. The number of hydrogen-bond acceptors (Lipinski definition) is 4. The third-order valence-corrected chi connectivity index (χ3v) is 5.65. The summed E-state index contributed by atoms with van der Waals surface area (Å²) in [6.07, 6.45) is 3.37. The molecule has 186 valence electrons. The lowest BCUT2D eigenvalue weighted by molar-refractivity contribution is -0.141. The number of hydrogen-bond donors (Lipinski definition) is 1. The predicted octanol–water partition coefficient (Wildman–Crippen LogP) is 5.14. The molecule has 0 aromatic heterocycles. The number of nitrogens with one attached hydrogen (secondary N) is 1. The van der Waals surface area contributed by atoms with Crippen LogP contribution >= 0.6 is 0 Å². The number of amides is 2. The summed E-state index contributed by atoms with van der Waals surface area (Å²) in [4.78, 5) is 28.1. The van der Waals surface area contributed by atoms with Crippen LogP contribution in [0.1, 0.15) is 64.5 Å². The van der Waals surface area contributed by atoms with E-state index in [9.17, 15) is 9.59 Å². The Labute approximate surface area is 204 Å². The van der Waals surface area contributed by atoms with Crippen molar-refractivity contribution >= 4 is 11.8 Å². The lowest BCUT2D eigenvalue weighted by Gasteiger charge is -2.31. The summed E-state index contributed by atoms with van der Waals surface area (Å²) in [5.74, 6) is 1.28. The SMILES string of the molecule is CCCCNC(=O)C(CC)N(Cc1ccccc1)C(=O)CCc1ccc(OCC)c(OCC)c1. The number of unbranched alkanes of at least 4 members (excludes halogenated alkanes) is 1. The monoisotopic (exact) mass is 468 g/mol. The molecule has 2 aromatic carbocycles. The van der Waals surface area contributed by atoms with Gasteiger partial charge in [0, 0.05) is 19.5 Å². The maximum Gasteiger partial charge on any atom is 0.242 e. The van der Waals surface area contributed by atoms with E-state index in [1.54, 1.807) is 4.90 Å². The zero-order valence-electron chi connectivity index (χ0n) is 21.1. The second-order valence-corrected chi connectivity index (χ2v) is 8.22. The van der Waals surface area contributed by atoms with Gasteiger partial charge in [-0.15, -0.1) is 0 Å². The summed E-state index contributed by atoms with van der Waals surface area (Å²) >= 11 is 0. The molecular weight excluding hydrogens is 428 g/mol. The molecule has 0 spiro atoms. The highest BCUT2D eigenvalue weighted by Gasteiger charge is 2.28. The molecule has 0 fully saturated rings. The normalized spacial score (nSPS) is 11.5. The predicted molar refractivity (Wildman–Crippen MR) is 136 cm³/mol. The third kappa shape index (κ3) is 8.40. The van der Waals surface area contributed by atoms with Crippen molar-refractivity contribution in [3.8, 4) is 11.5 Å². The van der Waals surface area contributed by atoms with E-state index in [0.717, 1.165) is 24.0 Å². The average molecular weight is 469 g/mol. The summed E-state index contributed by atoms with van der Waals surface area (Å²) in [6.45, 7) is 10.1. The van der Waals surface area contributed by atoms with Crippen LogP contribution in [0.15, 0.2) is 48.5 Å². The Morgan fingerprint density at radius 2 is 1.62 bits per heavy atom. The van der Waals surface area contributed by atoms with E-state index < -0.39 is 6.04 Å². The Hall–Kier alpha value is -3.02. The molecule has 6 nitrogen and oxygen atoms in total. The summed E-state index contributed by atoms with van der Waals surface area (Å²) in [5.41, 5.74) is 2.01. The zero-order valence-corrected chi connectivity index (χ0v) is 21.1. The molecule has 1 N–H and O–H groups in total. The third-order valence-electron chi connectivity index (χ3n) is 5.65. The first-order valence-corrected chi connectivity index (χ1v) is 12.5. The van der Waals surface area contributed by atoms with Crippen LogP contribution in [0.3, 0.4) is 0 Å². The highest BCUT2D eigenvalue weighted by molar-refractivity contribution is 5.87. The van der Waals surface area contributed by atoms with Crippen molar-refractivity contribution in [2.24, 2.45) is 0 Å². The first kappa shape index (κ1) is 27.2. The first-order valence-electron chi connectivity index (χ1n) is 12.5. The van der Waals surface area contributed by atoms with Gasteiger partial charge >= 0.3 is 0 Å². The molecule has 0 aliphatic heterocycles. The van der Waals surface area contributed by atoms with Crippen molar-refractivity contribution in [1.82, 2.24) is 10.2 Å². The summed E-state index contributed by atoms with van der Waals surface area (Å²) in [5, 5.41) is 3.01. The van der Waals surface area contributed by atoms with Crippen LogP contribution in [-0.2, 0) is 22.6 Å². The fourth-order valence-electron chi connectivity index (χ4n) is 3.85. The molecule has 0 heterocycles. The van der Waals surface area contributed by atoms with E-state index in [2.05, 4.69) is 12.2 Å². The van der Waals surface area contributed by atoms with Gasteiger partial charge in [-0.2, -0.15) is 0 Å². The number of ether oxygens (including phenoxy) is 2. The molecular formula is C28H40N2O4. The molecule has 0 saturated heterocycles. The molecule has 1 unspecified atom stereocenters. The van der Waals surface area contributed by atoms with Gasteiger partial charge < -0.3 is 19.7 Å². The van der Waals surface area contributed by atoms with Crippen molar-refractivity contribution < 1.29 is 19.1 Å². The van der Waals surface area contributed by atoms with Crippen LogP contribution in [0.25, 0.3) is 0 Å². The number of aryl methyl sites for hydroxylation is 1. The van der Waals surface area contributed by atoms with E-state index in [-0.39, 0.29) is 11.8 Å². The average Bonchev–Trinajstić information content (AvgIpc) is 2.85. The van der Waals surface area contributed by atoms with Crippen molar-refractivity contribution in [3.63, 3.8) is 0 Å². The number of carbonyl (C=O) groups is 2. The molecule has 0 saturated carbocycles. The molecule has 2 rings (SSSR count). The summed E-state index contributed by atoms with van der Waals surface area (Å²) < 4.78 is 11.4. The lowest BCUT2D eigenvalue weighted by Crippen LogP contribution is -2.49. The van der Waals surface area contributed by atoms with Crippen molar-refractivity contribution in [3.05, 3.63) is 59.7 Å². The van der Waals surface area contributed by atoms with E-state index in [0.29, 0.717) is 57.1 Å². The van der Waals surface area contributed by atoms with Gasteiger partial charge in [-0.1, -0.05) is 56.7 Å². The van der Waals surface area contributed by atoms with Crippen molar-refractivity contribution in [2.75, 3.05) is 19.8 Å². The highest BCUT2D eigenvalue weighted by Crippen LogP contribution is 2.29. The Bertz CT molecular complexity index is 885. The van der Waals surface area contributed by atoms with Gasteiger partial charge in [0.05, 0.1) is 13.2 Å². The summed E-state index contributed by atoms with van der Waals surface area (Å²) in [6, 6.07) is 15.1. The molecule has 0 radical (unpaired) electrons. The van der Waals surface area contributed by atoms with E-state index in [1.165, 1.54) is 0 Å². The zero-order chi connectivity index (χ0) is 24.8. The molecule has 6 heteroatoms. The van der Waals surface area contributed by atoms with Crippen LogP contribution in [0.2, 0.25) is 0 Å². The molecule has 1 atom stereocenters. The molecule has 0 aliphatic carbocycles. The van der Waals surface area contributed by atoms with Crippen LogP contribution < -0.4 is 14.8 Å². The fraction of sp³-hybridized carbons (Fsp3) is 0.500. The highest BCUT2D eigenvalue weighted by atomic mass is 16.5. The Morgan fingerprint density at radius 1 is 0.912 bits per heavy atom. The second-order valence-electron chi connectivity index (χ2n) is 8.22. The Kier molecular flexibility index (Phi) is 12.0. The maximum absolute atomic E-state index is 13.4. The minimum absolute atomic E-state index is 0.0341. The molecule has 2 amide bonds.